The normalized spacial score (nSPS) is 11.7. The number of nitrogens with zero attached hydrogens (tertiary/aromatic N) is 1. The maximum Gasteiger partial charge on any atom is 0.338 e. The average Bonchev–Trinajstić information content (AvgIpc) is 3.01. The van der Waals surface area contributed by atoms with Gasteiger partial charge in [0.1, 0.15) is 0 Å². The van der Waals surface area contributed by atoms with Crippen LogP contribution in [0.3, 0.4) is 0 Å². The van der Waals surface area contributed by atoms with E-state index in [0.29, 0.717) is 12.2 Å². The van der Waals surface area contributed by atoms with Crippen LogP contribution in [0.15, 0.2) is 60.7 Å². The topological polar surface area (TPSA) is 31.2 Å². The second kappa shape index (κ2) is 6.10. The fourth-order valence-corrected chi connectivity index (χ4v) is 4.40. The Kier molecular flexibility index (Phi) is 3.66. The Bertz CT molecular complexity index is 1410. The van der Waals surface area contributed by atoms with Crippen LogP contribution in [0, 0.1) is 6.92 Å². The number of rotatable bonds is 2. The molecule has 28 heavy (non-hydrogen) atoms. The molecular weight excluding hydrogens is 346 g/mol. The van der Waals surface area contributed by atoms with Crippen molar-refractivity contribution in [1.82, 2.24) is 4.57 Å². The molecule has 0 N–H and O–H groups in total. The SMILES string of the molecule is CCOC(=O)c1ccc2c(c1)c1c3cc(C)ccc3c3ccccc3c1n2C. The fourth-order valence-electron chi connectivity index (χ4n) is 4.40. The molecule has 0 spiro atoms. The summed E-state index contributed by atoms with van der Waals surface area (Å²) in [7, 11) is 2.10. The zero-order valence-electron chi connectivity index (χ0n) is 16.2. The van der Waals surface area contributed by atoms with E-state index >= 15 is 0 Å². The molecule has 0 unspecified atom stereocenters. The van der Waals surface area contributed by atoms with Gasteiger partial charge in [-0.1, -0.05) is 48.0 Å². The second-order valence-corrected chi connectivity index (χ2v) is 7.33. The molecule has 1 heterocycles. The minimum Gasteiger partial charge on any atom is -0.462 e. The lowest BCUT2D eigenvalue weighted by Crippen LogP contribution is -2.04. The molecule has 0 saturated carbocycles. The lowest BCUT2D eigenvalue weighted by molar-refractivity contribution is 0.0526. The molecule has 138 valence electrons. The Morgan fingerprint density at radius 3 is 2.43 bits per heavy atom. The number of hydrogen-bond donors (Lipinski definition) is 0. The first-order valence-electron chi connectivity index (χ1n) is 9.60. The molecule has 0 aliphatic heterocycles. The number of carbonyl (C=O) groups is 1. The number of carbonyl (C=O) groups excluding carboxylic acids is 1. The number of esters is 1. The number of fused-ring (bicyclic) bond motifs is 8. The van der Waals surface area contributed by atoms with E-state index in [0.717, 1.165) is 10.9 Å². The highest BCUT2D eigenvalue weighted by Crippen LogP contribution is 2.40. The van der Waals surface area contributed by atoms with Gasteiger partial charge in [0.2, 0.25) is 0 Å². The first-order valence-corrected chi connectivity index (χ1v) is 9.60. The van der Waals surface area contributed by atoms with Gasteiger partial charge in [-0.15, -0.1) is 0 Å². The van der Waals surface area contributed by atoms with E-state index in [2.05, 4.69) is 61.0 Å². The third kappa shape index (κ3) is 2.26. The quantitative estimate of drug-likeness (QED) is 0.278. The van der Waals surface area contributed by atoms with Crippen LogP contribution in [0.5, 0.6) is 0 Å². The number of ether oxygens (including phenoxy) is 1. The van der Waals surface area contributed by atoms with Crippen LogP contribution >= 0.6 is 0 Å². The average molecular weight is 367 g/mol. The first kappa shape index (κ1) is 16.8. The minimum absolute atomic E-state index is 0.275. The van der Waals surface area contributed by atoms with Gasteiger partial charge in [0.05, 0.1) is 17.7 Å². The van der Waals surface area contributed by atoms with Gasteiger partial charge in [-0.05, 0) is 48.2 Å². The monoisotopic (exact) mass is 367 g/mol. The van der Waals surface area contributed by atoms with Gasteiger partial charge in [-0.3, -0.25) is 0 Å². The molecule has 0 amide bonds. The van der Waals surface area contributed by atoms with Crippen molar-refractivity contribution in [2.24, 2.45) is 7.05 Å². The molecule has 0 radical (unpaired) electrons. The third-order valence-corrected chi connectivity index (χ3v) is 5.63. The Hall–Kier alpha value is -3.33. The summed E-state index contributed by atoms with van der Waals surface area (Å²) < 4.78 is 7.47. The minimum atomic E-state index is -0.275. The summed E-state index contributed by atoms with van der Waals surface area (Å²) >= 11 is 0. The molecule has 1 aromatic heterocycles. The summed E-state index contributed by atoms with van der Waals surface area (Å²) in [5.74, 6) is -0.275. The van der Waals surface area contributed by atoms with E-state index in [1.54, 1.807) is 0 Å². The van der Waals surface area contributed by atoms with E-state index in [9.17, 15) is 4.79 Å². The van der Waals surface area contributed by atoms with E-state index in [1.807, 2.05) is 25.1 Å². The van der Waals surface area contributed by atoms with Gasteiger partial charge in [0.15, 0.2) is 0 Å². The van der Waals surface area contributed by atoms with Crippen molar-refractivity contribution in [3.05, 3.63) is 71.8 Å². The number of benzene rings is 4. The summed E-state index contributed by atoms with van der Waals surface area (Å²) in [6, 6.07) is 21.0. The molecule has 3 heteroatoms. The van der Waals surface area contributed by atoms with Crippen LogP contribution in [-0.2, 0) is 11.8 Å². The van der Waals surface area contributed by atoms with Crippen LogP contribution in [0.4, 0.5) is 0 Å². The lowest BCUT2D eigenvalue weighted by atomic mass is 9.95. The van der Waals surface area contributed by atoms with Crippen LogP contribution in [-0.4, -0.2) is 17.1 Å². The summed E-state index contributed by atoms with van der Waals surface area (Å²) in [4.78, 5) is 12.3. The fraction of sp³-hybridized carbons (Fsp3) is 0.160. The Morgan fingerprint density at radius 2 is 1.64 bits per heavy atom. The zero-order chi connectivity index (χ0) is 19.4. The molecule has 5 rings (SSSR count). The summed E-state index contributed by atoms with van der Waals surface area (Å²) in [6.45, 7) is 4.32. The van der Waals surface area contributed by atoms with Crippen molar-refractivity contribution < 1.29 is 9.53 Å². The smallest absolute Gasteiger partial charge is 0.338 e. The van der Waals surface area contributed by atoms with Crippen LogP contribution in [0.2, 0.25) is 0 Å². The molecule has 0 atom stereocenters. The number of hydrogen-bond acceptors (Lipinski definition) is 2. The van der Waals surface area contributed by atoms with Gasteiger partial charge < -0.3 is 9.30 Å². The van der Waals surface area contributed by atoms with Crippen molar-refractivity contribution in [2.45, 2.75) is 13.8 Å². The largest absolute Gasteiger partial charge is 0.462 e. The highest BCUT2D eigenvalue weighted by Gasteiger charge is 2.18. The maximum atomic E-state index is 12.3. The Morgan fingerprint density at radius 1 is 0.893 bits per heavy atom. The molecule has 4 aromatic carbocycles. The molecular formula is C25H21NO2. The van der Waals surface area contributed by atoms with Gasteiger partial charge in [0, 0.05) is 28.7 Å². The molecule has 0 aliphatic rings. The number of aromatic nitrogens is 1. The van der Waals surface area contributed by atoms with Crippen molar-refractivity contribution >= 4 is 49.3 Å². The van der Waals surface area contributed by atoms with E-state index in [4.69, 9.17) is 4.74 Å². The van der Waals surface area contributed by atoms with Crippen LogP contribution in [0.25, 0.3) is 43.4 Å². The van der Waals surface area contributed by atoms with Crippen LogP contribution in [0.1, 0.15) is 22.8 Å². The van der Waals surface area contributed by atoms with Gasteiger partial charge in [0.25, 0.3) is 0 Å². The van der Waals surface area contributed by atoms with Crippen molar-refractivity contribution in [2.75, 3.05) is 6.61 Å². The maximum absolute atomic E-state index is 12.3. The molecule has 3 nitrogen and oxygen atoms in total. The van der Waals surface area contributed by atoms with E-state index in [1.165, 1.54) is 38.0 Å². The third-order valence-electron chi connectivity index (χ3n) is 5.63. The van der Waals surface area contributed by atoms with Crippen molar-refractivity contribution in [3.63, 3.8) is 0 Å². The molecule has 5 aromatic rings. The van der Waals surface area contributed by atoms with Gasteiger partial charge in [-0.25, -0.2) is 4.79 Å². The molecule has 0 fully saturated rings. The Labute approximate surface area is 163 Å². The predicted octanol–water partition coefficient (Wildman–Crippen LogP) is 6.12. The molecule has 0 aliphatic carbocycles. The molecule has 0 bridgehead atoms. The highest BCUT2D eigenvalue weighted by molar-refractivity contribution is 6.31. The standard InChI is InChI=1S/C25H21NO2/c1-4-28-25(27)16-10-12-22-21(14-16)23-20-13-15(2)9-11-18(20)17-7-5-6-8-19(17)24(23)26(22)3/h5-14H,4H2,1-3H3. The van der Waals surface area contributed by atoms with Gasteiger partial charge >= 0.3 is 5.97 Å². The van der Waals surface area contributed by atoms with E-state index in [-0.39, 0.29) is 5.97 Å². The summed E-state index contributed by atoms with van der Waals surface area (Å²) in [6.07, 6.45) is 0. The summed E-state index contributed by atoms with van der Waals surface area (Å²) in [5.41, 5.74) is 4.13. The highest BCUT2D eigenvalue weighted by atomic mass is 16.5. The second-order valence-electron chi connectivity index (χ2n) is 7.33. The zero-order valence-corrected chi connectivity index (χ0v) is 16.2. The van der Waals surface area contributed by atoms with Crippen LogP contribution < -0.4 is 0 Å². The first-order chi connectivity index (χ1) is 13.6. The molecule has 0 saturated heterocycles. The Balaban J connectivity index is 2.04. The van der Waals surface area contributed by atoms with Crippen molar-refractivity contribution in [3.8, 4) is 0 Å². The lowest BCUT2D eigenvalue weighted by Gasteiger charge is -2.09. The summed E-state index contributed by atoms with van der Waals surface area (Å²) in [5, 5.41) is 7.22. The number of aryl methyl sites for hydroxylation is 2. The predicted molar refractivity (Wildman–Crippen MR) is 116 cm³/mol. The van der Waals surface area contributed by atoms with E-state index < -0.39 is 0 Å². The van der Waals surface area contributed by atoms with Crippen molar-refractivity contribution in [1.29, 1.82) is 0 Å². The van der Waals surface area contributed by atoms with Gasteiger partial charge in [-0.2, -0.15) is 0 Å².